The number of para-hydroxylation sites is 1. The number of carbonyl (C=O) groups is 1. The highest BCUT2D eigenvalue weighted by Crippen LogP contribution is 2.27. The molecule has 1 aromatic heterocycles. The van der Waals surface area contributed by atoms with Crippen LogP contribution in [0.2, 0.25) is 0 Å². The van der Waals surface area contributed by atoms with Crippen LogP contribution in [0.25, 0.3) is 11.4 Å². The second-order valence-electron chi connectivity index (χ2n) is 3.55. The number of aromatic nitrogens is 2. The maximum atomic E-state index is 10.9. The van der Waals surface area contributed by atoms with Crippen LogP contribution < -0.4 is 10.5 Å². The highest BCUT2D eigenvalue weighted by Gasteiger charge is 2.11. The van der Waals surface area contributed by atoms with Gasteiger partial charge in [-0.2, -0.15) is 0 Å². The van der Waals surface area contributed by atoms with E-state index < -0.39 is 5.91 Å². The number of hydrogen-bond acceptors (Lipinski definition) is 3. The summed E-state index contributed by atoms with van der Waals surface area (Å²) in [4.78, 5) is 15.2. The highest BCUT2D eigenvalue weighted by atomic mass is 16.5. The minimum absolute atomic E-state index is 0.105. The molecule has 5 nitrogen and oxygen atoms in total. The number of nitrogens with two attached hydrogens (primary N) is 1. The zero-order valence-electron chi connectivity index (χ0n) is 9.46. The lowest BCUT2D eigenvalue weighted by atomic mass is 10.2. The molecule has 0 spiro atoms. The number of ether oxygens (including phenoxy) is 1. The van der Waals surface area contributed by atoms with Crippen molar-refractivity contribution in [2.24, 2.45) is 5.73 Å². The van der Waals surface area contributed by atoms with E-state index in [1.807, 2.05) is 24.3 Å². The zero-order valence-corrected chi connectivity index (χ0v) is 9.46. The van der Waals surface area contributed by atoms with E-state index in [4.69, 9.17) is 10.5 Å². The summed E-state index contributed by atoms with van der Waals surface area (Å²) in [5, 5.41) is 0. The fourth-order valence-corrected chi connectivity index (χ4v) is 1.68. The average Bonchev–Trinajstić information content (AvgIpc) is 2.76. The molecule has 2 rings (SSSR count). The molecule has 0 saturated heterocycles. The Kier molecular flexibility index (Phi) is 3.09. The third kappa shape index (κ3) is 2.28. The lowest BCUT2D eigenvalue weighted by Gasteiger charge is -2.09. The van der Waals surface area contributed by atoms with Crippen molar-refractivity contribution in [1.29, 1.82) is 0 Å². The van der Waals surface area contributed by atoms with Gasteiger partial charge in [-0.25, -0.2) is 4.98 Å². The van der Waals surface area contributed by atoms with E-state index in [0.717, 1.165) is 5.56 Å². The molecule has 1 amide bonds. The van der Waals surface area contributed by atoms with Crippen LogP contribution in [0.1, 0.15) is 0 Å². The maximum Gasteiger partial charge on any atom is 0.237 e. The predicted molar refractivity (Wildman–Crippen MR) is 63.4 cm³/mol. The molecule has 0 aliphatic heterocycles. The fourth-order valence-electron chi connectivity index (χ4n) is 1.68. The van der Waals surface area contributed by atoms with Gasteiger partial charge in [0.05, 0.1) is 12.7 Å². The van der Waals surface area contributed by atoms with E-state index in [9.17, 15) is 4.79 Å². The number of hydrogen-bond donors (Lipinski definition) is 1. The van der Waals surface area contributed by atoms with Crippen LogP contribution in [-0.4, -0.2) is 22.6 Å². The lowest BCUT2D eigenvalue weighted by molar-refractivity contribution is -0.118. The Labute approximate surface area is 98.8 Å². The van der Waals surface area contributed by atoms with Gasteiger partial charge in [-0.05, 0) is 12.1 Å². The average molecular weight is 231 g/mol. The molecule has 5 heteroatoms. The van der Waals surface area contributed by atoms with Gasteiger partial charge in [0.2, 0.25) is 5.91 Å². The number of amides is 1. The van der Waals surface area contributed by atoms with Crippen molar-refractivity contribution in [3.8, 4) is 17.1 Å². The minimum atomic E-state index is -0.404. The summed E-state index contributed by atoms with van der Waals surface area (Å²) in [6.07, 6.45) is 3.34. The maximum absolute atomic E-state index is 10.9. The van der Waals surface area contributed by atoms with Gasteiger partial charge in [-0.3, -0.25) is 4.79 Å². The largest absolute Gasteiger partial charge is 0.496 e. The van der Waals surface area contributed by atoms with Gasteiger partial charge >= 0.3 is 0 Å². The van der Waals surface area contributed by atoms with Crippen LogP contribution in [0.3, 0.4) is 0 Å². The van der Waals surface area contributed by atoms with Crippen LogP contribution in [0.5, 0.6) is 5.75 Å². The summed E-state index contributed by atoms with van der Waals surface area (Å²) in [7, 11) is 1.60. The van der Waals surface area contributed by atoms with Gasteiger partial charge in [0.15, 0.2) is 0 Å². The van der Waals surface area contributed by atoms with E-state index in [-0.39, 0.29) is 6.54 Å². The molecule has 0 aliphatic carbocycles. The van der Waals surface area contributed by atoms with Gasteiger partial charge in [0.25, 0.3) is 0 Å². The summed E-state index contributed by atoms with van der Waals surface area (Å²) < 4.78 is 6.95. The van der Waals surface area contributed by atoms with E-state index in [0.29, 0.717) is 11.6 Å². The van der Waals surface area contributed by atoms with E-state index in [2.05, 4.69) is 4.98 Å². The summed E-state index contributed by atoms with van der Waals surface area (Å²) in [6, 6.07) is 7.50. The van der Waals surface area contributed by atoms with Crippen molar-refractivity contribution in [2.75, 3.05) is 7.11 Å². The molecule has 0 unspecified atom stereocenters. The van der Waals surface area contributed by atoms with Crippen molar-refractivity contribution in [1.82, 2.24) is 9.55 Å². The Morgan fingerprint density at radius 1 is 1.47 bits per heavy atom. The number of carbonyl (C=O) groups excluding carboxylic acids is 1. The van der Waals surface area contributed by atoms with Gasteiger partial charge < -0.3 is 15.0 Å². The number of primary amides is 1. The topological polar surface area (TPSA) is 70.1 Å². The molecule has 1 aromatic carbocycles. The second kappa shape index (κ2) is 4.69. The van der Waals surface area contributed by atoms with E-state index in [1.165, 1.54) is 0 Å². The molecule has 2 aromatic rings. The summed E-state index contributed by atoms with van der Waals surface area (Å²) in [6.45, 7) is 0.105. The zero-order chi connectivity index (χ0) is 12.3. The molecule has 0 fully saturated rings. The Morgan fingerprint density at radius 3 is 2.94 bits per heavy atom. The molecule has 0 atom stereocenters. The van der Waals surface area contributed by atoms with Gasteiger partial charge in [-0.1, -0.05) is 12.1 Å². The first-order chi connectivity index (χ1) is 8.22. The van der Waals surface area contributed by atoms with Crippen LogP contribution >= 0.6 is 0 Å². The van der Waals surface area contributed by atoms with Gasteiger partial charge in [0.1, 0.15) is 18.1 Å². The van der Waals surface area contributed by atoms with Crippen molar-refractivity contribution in [3.05, 3.63) is 36.7 Å². The van der Waals surface area contributed by atoms with Gasteiger partial charge in [-0.15, -0.1) is 0 Å². The minimum Gasteiger partial charge on any atom is -0.496 e. The smallest absolute Gasteiger partial charge is 0.237 e. The number of methoxy groups -OCH3 is 1. The SMILES string of the molecule is COc1ccccc1-c1nccn1CC(N)=O. The first-order valence-corrected chi connectivity index (χ1v) is 5.15. The first kappa shape index (κ1) is 11.2. The van der Waals surface area contributed by atoms with Crippen LogP contribution in [0.4, 0.5) is 0 Å². The number of imidazole rings is 1. The molecule has 2 N–H and O–H groups in total. The molecule has 17 heavy (non-hydrogen) atoms. The van der Waals surface area contributed by atoms with Gasteiger partial charge in [0, 0.05) is 12.4 Å². The Balaban J connectivity index is 2.46. The van der Waals surface area contributed by atoms with Crippen LogP contribution in [0, 0.1) is 0 Å². The number of rotatable bonds is 4. The quantitative estimate of drug-likeness (QED) is 0.854. The fraction of sp³-hybridized carbons (Fsp3) is 0.167. The summed E-state index contributed by atoms with van der Waals surface area (Å²) in [5.74, 6) is 0.977. The molecule has 0 aliphatic rings. The third-order valence-electron chi connectivity index (χ3n) is 2.39. The molecule has 0 bridgehead atoms. The van der Waals surface area contributed by atoms with Crippen molar-refractivity contribution < 1.29 is 9.53 Å². The Bertz CT molecular complexity index is 534. The third-order valence-corrected chi connectivity index (χ3v) is 2.39. The Morgan fingerprint density at radius 2 is 2.24 bits per heavy atom. The number of benzene rings is 1. The van der Waals surface area contributed by atoms with E-state index >= 15 is 0 Å². The highest BCUT2D eigenvalue weighted by molar-refractivity contribution is 5.75. The monoisotopic (exact) mass is 231 g/mol. The first-order valence-electron chi connectivity index (χ1n) is 5.15. The summed E-state index contributed by atoms with van der Waals surface area (Å²) >= 11 is 0. The Hall–Kier alpha value is -2.30. The molecular weight excluding hydrogens is 218 g/mol. The second-order valence-corrected chi connectivity index (χ2v) is 3.55. The van der Waals surface area contributed by atoms with Crippen molar-refractivity contribution in [2.45, 2.75) is 6.54 Å². The predicted octanol–water partition coefficient (Wildman–Crippen LogP) is 1.04. The van der Waals surface area contributed by atoms with Crippen LogP contribution in [-0.2, 0) is 11.3 Å². The molecule has 0 saturated carbocycles. The molecule has 88 valence electrons. The molecule has 1 heterocycles. The normalized spacial score (nSPS) is 10.2. The lowest BCUT2D eigenvalue weighted by Crippen LogP contribution is -2.18. The van der Waals surface area contributed by atoms with Crippen molar-refractivity contribution >= 4 is 5.91 Å². The standard InChI is InChI=1S/C12H13N3O2/c1-17-10-5-3-2-4-9(10)12-14-6-7-15(12)8-11(13)16/h2-7H,8H2,1H3,(H2,13,16). The van der Waals surface area contributed by atoms with E-state index in [1.54, 1.807) is 24.1 Å². The van der Waals surface area contributed by atoms with Crippen molar-refractivity contribution in [3.63, 3.8) is 0 Å². The molecular formula is C12H13N3O2. The van der Waals surface area contributed by atoms with Crippen LogP contribution in [0.15, 0.2) is 36.7 Å². The number of nitrogens with zero attached hydrogens (tertiary/aromatic N) is 2. The molecule has 0 radical (unpaired) electrons. The summed E-state index contributed by atoms with van der Waals surface area (Å²) in [5.41, 5.74) is 6.02.